The van der Waals surface area contributed by atoms with Gasteiger partial charge in [-0.05, 0) is 40.2 Å². The Morgan fingerprint density at radius 3 is 2.79 bits per heavy atom. The predicted molar refractivity (Wildman–Crippen MR) is 60.6 cm³/mol. The first kappa shape index (κ1) is 11.2. The number of aliphatic imine (C=N–C) groups is 1. The topological polar surface area (TPSA) is 53.6 Å². The van der Waals surface area contributed by atoms with Crippen molar-refractivity contribution in [2.45, 2.75) is 12.0 Å². The van der Waals surface area contributed by atoms with Gasteiger partial charge in [0.25, 0.3) is 0 Å². The number of dihydropyridines is 1. The van der Waals surface area contributed by atoms with Crippen molar-refractivity contribution in [3.8, 4) is 0 Å². The minimum absolute atomic E-state index is 0.00681. The molecule has 1 heterocycles. The molecule has 3 N–H and O–H groups in total. The van der Waals surface area contributed by atoms with Crippen LogP contribution in [-0.2, 0) is 0 Å². The highest BCUT2D eigenvalue weighted by atomic mass is 15.1. The highest BCUT2D eigenvalue weighted by Crippen LogP contribution is 2.16. The van der Waals surface area contributed by atoms with Crippen LogP contribution in [0.1, 0.15) is 6.42 Å². The van der Waals surface area contributed by atoms with Crippen molar-refractivity contribution in [1.29, 1.82) is 0 Å². The monoisotopic (exact) mass is 196 g/mol. The van der Waals surface area contributed by atoms with E-state index >= 15 is 0 Å². The number of rotatable bonds is 4. The molecule has 0 radical (unpaired) electrons. The van der Waals surface area contributed by atoms with Crippen molar-refractivity contribution in [3.63, 3.8) is 0 Å². The molecule has 0 aromatic rings. The van der Waals surface area contributed by atoms with Gasteiger partial charge in [-0.2, -0.15) is 0 Å². The van der Waals surface area contributed by atoms with Crippen molar-refractivity contribution in [1.82, 2.24) is 10.2 Å². The number of hydrogen-bond acceptors (Lipinski definition) is 4. The molecule has 1 unspecified atom stereocenters. The van der Waals surface area contributed by atoms with Crippen LogP contribution in [0.15, 0.2) is 17.1 Å². The molecular weight excluding hydrogens is 176 g/mol. The van der Waals surface area contributed by atoms with E-state index in [1.54, 1.807) is 0 Å². The average Bonchev–Trinajstić information content (AvgIpc) is 2.18. The molecule has 0 aromatic heterocycles. The van der Waals surface area contributed by atoms with E-state index in [1.807, 2.05) is 13.1 Å². The fourth-order valence-corrected chi connectivity index (χ4v) is 1.46. The van der Waals surface area contributed by atoms with E-state index in [0.29, 0.717) is 5.84 Å². The third kappa shape index (κ3) is 2.82. The van der Waals surface area contributed by atoms with E-state index < -0.39 is 0 Å². The molecule has 0 fully saturated rings. The maximum atomic E-state index is 5.59. The van der Waals surface area contributed by atoms with Crippen LogP contribution in [0.4, 0.5) is 0 Å². The summed E-state index contributed by atoms with van der Waals surface area (Å²) in [7, 11) is 6.12. The van der Waals surface area contributed by atoms with Gasteiger partial charge < -0.3 is 16.0 Å². The van der Waals surface area contributed by atoms with Crippen molar-refractivity contribution in [3.05, 3.63) is 12.2 Å². The molecule has 1 atom stereocenters. The van der Waals surface area contributed by atoms with Crippen LogP contribution >= 0.6 is 0 Å². The molecule has 1 aliphatic heterocycles. The van der Waals surface area contributed by atoms with Gasteiger partial charge in [0.15, 0.2) is 0 Å². The molecule has 80 valence electrons. The Bertz CT molecular complexity index is 245. The minimum Gasteiger partial charge on any atom is -0.384 e. The third-order valence-electron chi connectivity index (χ3n) is 2.62. The first-order valence-corrected chi connectivity index (χ1v) is 4.91. The van der Waals surface area contributed by atoms with Gasteiger partial charge in [-0.3, -0.25) is 4.99 Å². The van der Waals surface area contributed by atoms with Gasteiger partial charge in [-0.15, -0.1) is 0 Å². The average molecular weight is 196 g/mol. The number of hydrogen-bond donors (Lipinski definition) is 2. The summed E-state index contributed by atoms with van der Waals surface area (Å²) in [6.45, 7) is 1.78. The van der Waals surface area contributed by atoms with E-state index in [9.17, 15) is 0 Å². The van der Waals surface area contributed by atoms with Gasteiger partial charge >= 0.3 is 0 Å². The lowest BCUT2D eigenvalue weighted by Crippen LogP contribution is -2.48. The standard InChI is InChI=1S/C10H20N4/c1-12-10(6-7-14(2)3)5-4-9(11)13-8-10/h4-5,12H,6-8H2,1-3H3,(H2,11,13). The van der Waals surface area contributed by atoms with E-state index in [2.05, 4.69) is 35.4 Å². The lowest BCUT2D eigenvalue weighted by molar-refractivity contribution is 0.324. The zero-order chi connectivity index (χ0) is 10.6. The second-order valence-corrected chi connectivity index (χ2v) is 4.03. The van der Waals surface area contributed by atoms with Crippen LogP contribution in [-0.4, -0.2) is 50.5 Å². The molecule has 4 heteroatoms. The van der Waals surface area contributed by atoms with Crippen LogP contribution in [0, 0.1) is 0 Å². The summed E-state index contributed by atoms with van der Waals surface area (Å²) in [5, 5.41) is 3.32. The van der Waals surface area contributed by atoms with Crippen molar-refractivity contribution >= 4 is 5.84 Å². The summed E-state index contributed by atoms with van der Waals surface area (Å²) in [6.07, 6.45) is 5.05. The van der Waals surface area contributed by atoms with Gasteiger partial charge in [0.05, 0.1) is 12.1 Å². The Labute approximate surface area is 85.9 Å². The number of nitrogens with one attached hydrogen (secondary N) is 1. The molecule has 0 bridgehead atoms. The summed E-state index contributed by atoms with van der Waals surface area (Å²) < 4.78 is 0. The zero-order valence-corrected chi connectivity index (χ0v) is 9.25. The van der Waals surface area contributed by atoms with Crippen molar-refractivity contribution < 1.29 is 0 Å². The molecule has 0 aliphatic carbocycles. The van der Waals surface area contributed by atoms with E-state index in [1.165, 1.54) is 0 Å². The van der Waals surface area contributed by atoms with E-state index in [4.69, 9.17) is 5.73 Å². The molecule has 0 saturated heterocycles. The maximum absolute atomic E-state index is 5.59. The van der Waals surface area contributed by atoms with Gasteiger partial charge in [0.2, 0.25) is 0 Å². The Morgan fingerprint density at radius 2 is 2.36 bits per heavy atom. The number of nitrogens with zero attached hydrogens (tertiary/aromatic N) is 2. The Kier molecular flexibility index (Phi) is 3.66. The summed E-state index contributed by atoms with van der Waals surface area (Å²) >= 11 is 0. The first-order chi connectivity index (χ1) is 6.58. The summed E-state index contributed by atoms with van der Waals surface area (Å²) in [4.78, 5) is 6.43. The van der Waals surface area contributed by atoms with Gasteiger partial charge in [-0.1, -0.05) is 6.08 Å². The second kappa shape index (κ2) is 4.57. The summed E-state index contributed by atoms with van der Waals surface area (Å²) in [6, 6.07) is 0. The van der Waals surface area contributed by atoms with Crippen LogP contribution < -0.4 is 11.1 Å². The van der Waals surface area contributed by atoms with Crippen LogP contribution in [0.2, 0.25) is 0 Å². The van der Waals surface area contributed by atoms with Gasteiger partial charge in [-0.25, -0.2) is 0 Å². The lowest BCUT2D eigenvalue weighted by atomic mass is 9.93. The van der Waals surface area contributed by atoms with E-state index in [0.717, 1.165) is 19.5 Å². The molecular formula is C10H20N4. The molecule has 1 aliphatic rings. The molecule has 0 aromatic carbocycles. The van der Waals surface area contributed by atoms with E-state index in [-0.39, 0.29) is 5.54 Å². The molecule has 14 heavy (non-hydrogen) atoms. The SMILES string of the molecule is CNC1(CCN(C)C)C=CC(N)=NC1. The highest BCUT2D eigenvalue weighted by Gasteiger charge is 2.26. The number of amidine groups is 1. The van der Waals surface area contributed by atoms with Gasteiger partial charge in [0.1, 0.15) is 5.84 Å². The lowest BCUT2D eigenvalue weighted by Gasteiger charge is -2.32. The Hall–Kier alpha value is -0.870. The Morgan fingerprint density at radius 1 is 1.64 bits per heavy atom. The normalized spacial score (nSPS) is 26.7. The largest absolute Gasteiger partial charge is 0.384 e. The van der Waals surface area contributed by atoms with Crippen molar-refractivity contribution in [2.24, 2.45) is 10.7 Å². The maximum Gasteiger partial charge on any atom is 0.118 e. The molecule has 4 nitrogen and oxygen atoms in total. The molecule has 0 amide bonds. The summed E-state index contributed by atoms with van der Waals surface area (Å²) in [5.74, 6) is 0.626. The quantitative estimate of drug-likeness (QED) is 0.656. The van der Waals surface area contributed by atoms with Crippen LogP contribution in [0.25, 0.3) is 0 Å². The molecule has 0 spiro atoms. The van der Waals surface area contributed by atoms with Crippen LogP contribution in [0.3, 0.4) is 0 Å². The molecule has 1 rings (SSSR count). The second-order valence-electron chi connectivity index (χ2n) is 4.03. The van der Waals surface area contributed by atoms with Gasteiger partial charge in [0, 0.05) is 0 Å². The van der Waals surface area contributed by atoms with Crippen LogP contribution in [0.5, 0.6) is 0 Å². The molecule has 0 saturated carbocycles. The fourth-order valence-electron chi connectivity index (χ4n) is 1.46. The third-order valence-corrected chi connectivity index (χ3v) is 2.62. The minimum atomic E-state index is -0.00681. The fraction of sp³-hybridized carbons (Fsp3) is 0.700. The predicted octanol–water partition coefficient (Wildman–Crippen LogP) is -0.177. The number of likely N-dealkylation sites (N-methyl/N-ethyl adjacent to an activating group) is 1. The zero-order valence-electron chi connectivity index (χ0n) is 9.25. The summed E-state index contributed by atoms with van der Waals surface area (Å²) in [5.41, 5.74) is 5.58. The number of nitrogens with two attached hydrogens (primary N) is 1. The Balaban J connectivity index is 2.57. The van der Waals surface area contributed by atoms with Crippen molar-refractivity contribution in [2.75, 3.05) is 34.2 Å². The highest BCUT2D eigenvalue weighted by molar-refractivity contribution is 5.92. The smallest absolute Gasteiger partial charge is 0.118 e. The first-order valence-electron chi connectivity index (χ1n) is 4.91.